The SMILES string of the molecule is O=C(COc1ccc(Cl)cc1)N(Cc1cccs1)CC1CCCO1. The highest BCUT2D eigenvalue weighted by Crippen LogP contribution is 2.19. The van der Waals surface area contributed by atoms with E-state index >= 15 is 0 Å². The summed E-state index contributed by atoms with van der Waals surface area (Å²) in [5.74, 6) is 0.606. The molecule has 1 amide bonds. The van der Waals surface area contributed by atoms with Crippen molar-refractivity contribution < 1.29 is 14.3 Å². The molecule has 0 spiro atoms. The van der Waals surface area contributed by atoms with Crippen molar-refractivity contribution in [1.82, 2.24) is 4.90 Å². The van der Waals surface area contributed by atoms with Crippen LogP contribution in [0.5, 0.6) is 5.75 Å². The minimum Gasteiger partial charge on any atom is -0.484 e. The van der Waals surface area contributed by atoms with Crippen LogP contribution in [0.3, 0.4) is 0 Å². The first-order valence-electron chi connectivity index (χ1n) is 8.01. The van der Waals surface area contributed by atoms with Crippen LogP contribution in [-0.4, -0.2) is 36.7 Å². The number of carbonyl (C=O) groups excluding carboxylic acids is 1. The molecule has 1 aliphatic heterocycles. The first-order valence-corrected chi connectivity index (χ1v) is 9.26. The van der Waals surface area contributed by atoms with Crippen molar-refractivity contribution in [3.63, 3.8) is 0 Å². The number of amides is 1. The zero-order valence-electron chi connectivity index (χ0n) is 13.3. The Labute approximate surface area is 150 Å². The van der Waals surface area contributed by atoms with E-state index in [1.54, 1.807) is 35.6 Å². The van der Waals surface area contributed by atoms with Gasteiger partial charge in [-0.05, 0) is 48.6 Å². The van der Waals surface area contributed by atoms with Gasteiger partial charge in [-0.3, -0.25) is 4.79 Å². The van der Waals surface area contributed by atoms with Gasteiger partial charge in [-0.15, -0.1) is 11.3 Å². The van der Waals surface area contributed by atoms with Gasteiger partial charge in [-0.1, -0.05) is 17.7 Å². The molecule has 1 aromatic heterocycles. The molecule has 1 unspecified atom stereocenters. The first-order chi connectivity index (χ1) is 11.7. The van der Waals surface area contributed by atoms with E-state index in [-0.39, 0.29) is 18.6 Å². The predicted molar refractivity (Wildman–Crippen MR) is 95.7 cm³/mol. The Hall–Kier alpha value is -1.56. The summed E-state index contributed by atoms with van der Waals surface area (Å²) in [5.41, 5.74) is 0. The Balaban J connectivity index is 1.59. The Kier molecular flexibility index (Phi) is 6.12. The van der Waals surface area contributed by atoms with Gasteiger partial charge >= 0.3 is 0 Å². The number of carbonyl (C=O) groups is 1. The van der Waals surface area contributed by atoms with Crippen LogP contribution in [0, 0.1) is 0 Å². The summed E-state index contributed by atoms with van der Waals surface area (Å²) in [6.07, 6.45) is 2.20. The molecule has 0 N–H and O–H groups in total. The molecular formula is C18H20ClNO3S. The molecule has 24 heavy (non-hydrogen) atoms. The van der Waals surface area contributed by atoms with Crippen LogP contribution in [0.1, 0.15) is 17.7 Å². The van der Waals surface area contributed by atoms with Crippen LogP contribution < -0.4 is 4.74 Å². The van der Waals surface area contributed by atoms with E-state index in [4.69, 9.17) is 21.1 Å². The Morgan fingerprint density at radius 1 is 1.33 bits per heavy atom. The number of ether oxygens (including phenoxy) is 2. The number of hydrogen-bond donors (Lipinski definition) is 0. The summed E-state index contributed by atoms with van der Waals surface area (Å²) >= 11 is 7.51. The van der Waals surface area contributed by atoms with Gasteiger partial charge < -0.3 is 14.4 Å². The lowest BCUT2D eigenvalue weighted by atomic mass is 10.2. The lowest BCUT2D eigenvalue weighted by Crippen LogP contribution is -2.39. The van der Waals surface area contributed by atoms with Crippen molar-refractivity contribution in [2.75, 3.05) is 19.8 Å². The third-order valence-electron chi connectivity index (χ3n) is 3.90. The zero-order valence-corrected chi connectivity index (χ0v) is 14.9. The highest BCUT2D eigenvalue weighted by molar-refractivity contribution is 7.09. The fourth-order valence-electron chi connectivity index (χ4n) is 2.65. The Morgan fingerprint density at radius 2 is 2.17 bits per heavy atom. The van der Waals surface area contributed by atoms with Crippen molar-refractivity contribution in [3.8, 4) is 5.75 Å². The normalized spacial score (nSPS) is 17.0. The smallest absolute Gasteiger partial charge is 0.260 e. The van der Waals surface area contributed by atoms with E-state index in [9.17, 15) is 4.79 Å². The van der Waals surface area contributed by atoms with Gasteiger partial charge in [0, 0.05) is 23.1 Å². The van der Waals surface area contributed by atoms with Gasteiger partial charge in [-0.2, -0.15) is 0 Å². The van der Waals surface area contributed by atoms with E-state index in [1.165, 1.54) is 0 Å². The molecule has 1 saturated heterocycles. The van der Waals surface area contributed by atoms with E-state index < -0.39 is 0 Å². The maximum atomic E-state index is 12.6. The largest absolute Gasteiger partial charge is 0.484 e. The highest BCUT2D eigenvalue weighted by Gasteiger charge is 2.23. The molecule has 4 nitrogen and oxygen atoms in total. The molecule has 0 aliphatic carbocycles. The van der Waals surface area contributed by atoms with Gasteiger partial charge in [0.15, 0.2) is 6.61 Å². The summed E-state index contributed by atoms with van der Waals surface area (Å²) in [5, 5.41) is 2.67. The van der Waals surface area contributed by atoms with E-state index in [0.717, 1.165) is 24.3 Å². The maximum Gasteiger partial charge on any atom is 0.260 e. The van der Waals surface area contributed by atoms with Gasteiger partial charge in [0.05, 0.1) is 12.6 Å². The third kappa shape index (κ3) is 4.97. The topological polar surface area (TPSA) is 38.8 Å². The van der Waals surface area contributed by atoms with Crippen LogP contribution in [0.15, 0.2) is 41.8 Å². The molecule has 0 bridgehead atoms. The summed E-state index contributed by atoms with van der Waals surface area (Å²) in [6.45, 7) is 2.01. The molecule has 6 heteroatoms. The van der Waals surface area contributed by atoms with Crippen LogP contribution in [-0.2, 0) is 16.1 Å². The van der Waals surface area contributed by atoms with E-state index in [0.29, 0.717) is 23.9 Å². The van der Waals surface area contributed by atoms with Crippen LogP contribution in [0.25, 0.3) is 0 Å². The van der Waals surface area contributed by atoms with Crippen molar-refractivity contribution >= 4 is 28.8 Å². The van der Waals surface area contributed by atoms with Crippen molar-refractivity contribution in [2.24, 2.45) is 0 Å². The second-order valence-corrected chi connectivity index (χ2v) is 7.20. The number of halogens is 1. The summed E-state index contributed by atoms with van der Waals surface area (Å²) < 4.78 is 11.3. The summed E-state index contributed by atoms with van der Waals surface area (Å²) in [6, 6.07) is 11.1. The number of nitrogens with zero attached hydrogens (tertiary/aromatic N) is 1. The zero-order chi connectivity index (χ0) is 16.8. The minimum absolute atomic E-state index is 0.0136. The number of rotatable bonds is 7. The second-order valence-electron chi connectivity index (χ2n) is 5.73. The Bertz CT molecular complexity index is 639. The standard InChI is InChI=1S/C18H20ClNO3S/c19-14-5-7-15(8-6-14)23-13-18(21)20(11-16-3-1-9-22-16)12-17-4-2-10-24-17/h2,4-8,10,16H,1,3,9,11-13H2. The molecule has 1 atom stereocenters. The van der Waals surface area contributed by atoms with Crippen molar-refractivity contribution in [2.45, 2.75) is 25.5 Å². The van der Waals surface area contributed by atoms with Gasteiger partial charge in [0.2, 0.25) is 0 Å². The Morgan fingerprint density at radius 3 is 2.83 bits per heavy atom. The first kappa shape index (κ1) is 17.3. The van der Waals surface area contributed by atoms with Crippen LogP contribution >= 0.6 is 22.9 Å². The molecule has 2 heterocycles. The van der Waals surface area contributed by atoms with E-state index in [2.05, 4.69) is 0 Å². The fraction of sp³-hybridized carbons (Fsp3) is 0.389. The van der Waals surface area contributed by atoms with Crippen LogP contribution in [0.2, 0.25) is 5.02 Å². The number of hydrogen-bond acceptors (Lipinski definition) is 4. The molecule has 1 aliphatic rings. The lowest BCUT2D eigenvalue weighted by molar-refractivity contribution is -0.135. The molecule has 128 valence electrons. The quantitative estimate of drug-likeness (QED) is 0.744. The summed E-state index contributed by atoms with van der Waals surface area (Å²) in [7, 11) is 0. The van der Waals surface area contributed by atoms with E-state index in [1.807, 2.05) is 22.4 Å². The highest BCUT2D eigenvalue weighted by atomic mass is 35.5. The lowest BCUT2D eigenvalue weighted by Gasteiger charge is -2.25. The molecule has 1 fully saturated rings. The average molecular weight is 366 g/mol. The molecule has 0 saturated carbocycles. The minimum atomic E-state index is -0.0335. The van der Waals surface area contributed by atoms with Gasteiger partial charge in [0.25, 0.3) is 5.91 Å². The monoisotopic (exact) mass is 365 g/mol. The fourth-order valence-corrected chi connectivity index (χ4v) is 3.49. The molecule has 3 rings (SSSR count). The van der Waals surface area contributed by atoms with Crippen LogP contribution in [0.4, 0.5) is 0 Å². The number of benzene rings is 1. The molecular weight excluding hydrogens is 346 g/mol. The molecule has 2 aromatic rings. The van der Waals surface area contributed by atoms with Gasteiger partial charge in [0.1, 0.15) is 5.75 Å². The molecule has 1 aromatic carbocycles. The predicted octanol–water partition coefficient (Wildman–Crippen LogP) is 3.99. The maximum absolute atomic E-state index is 12.6. The number of thiophene rings is 1. The van der Waals surface area contributed by atoms with Gasteiger partial charge in [-0.25, -0.2) is 0 Å². The van der Waals surface area contributed by atoms with Crippen molar-refractivity contribution in [3.05, 3.63) is 51.7 Å². The van der Waals surface area contributed by atoms with Crippen molar-refractivity contribution in [1.29, 1.82) is 0 Å². The summed E-state index contributed by atoms with van der Waals surface area (Å²) in [4.78, 5) is 15.6. The third-order valence-corrected chi connectivity index (χ3v) is 5.02. The molecule has 0 radical (unpaired) electrons. The second kappa shape index (κ2) is 8.51. The average Bonchev–Trinajstić information content (AvgIpc) is 3.27.